The average molecular weight is 308 g/mol. The van der Waals surface area contributed by atoms with Crippen molar-refractivity contribution in [3.63, 3.8) is 0 Å². The van der Waals surface area contributed by atoms with E-state index < -0.39 is 0 Å². The van der Waals surface area contributed by atoms with Gasteiger partial charge >= 0.3 is 0 Å². The van der Waals surface area contributed by atoms with Gasteiger partial charge in [-0.05, 0) is 48.8 Å². The Kier molecular flexibility index (Phi) is 3.61. The zero-order valence-corrected chi connectivity index (χ0v) is 12.1. The Labute approximate surface area is 114 Å². The Bertz CT molecular complexity index is 590. The maximum absolute atomic E-state index is 12.5. The number of aromatic nitrogens is 3. The molecular weight excluding hydrogens is 294 g/mol. The fourth-order valence-electron chi connectivity index (χ4n) is 1.77. The molecule has 0 atom stereocenters. The Morgan fingerprint density at radius 2 is 2.17 bits per heavy atom. The number of pyridine rings is 1. The van der Waals surface area contributed by atoms with E-state index in [2.05, 4.69) is 26.0 Å². The minimum Gasteiger partial charge on any atom is -0.287 e. The number of hydrogen-bond donors (Lipinski definition) is 0. The van der Waals surface area contributed by atoms with E-state index in [1.54, 1.807) is 29.2 Å². The summed E-state index contributed by atoms with van der Waals surface area (Å²) in [4.78, 5) is 16.6. The van der Waals surface area contributed by atoms with Gasteiger partial charge in [0.15, 0.2) is 0 Å². The standard InChI is InChI=1S/C13H14BrN3O/c1-8(2)17-12(11(14)7-16-17)13(18)10-4-5-15-9(3)6-10/h4-8H,1-3H3. The number of carbonyl (C=O) groups excluding carboxylic acids is 1. The van der Waals surface area contributed by atoms with Crippen molar-refractivity contribution in [2.24, 2.45) is 0 Å². The maximum Gasteiger partial charge on any atom is 0.212 e. The van der Waals surface area contributed by atoms with Crippen LogP contribution in [0.1, 0.15) is 41.6 Å². The largest absolute Gasteiger partial charge is 0.287 e. The molecule has 2 rings (SSSR count). The van der Waals surface area contributed by atoms with Crippen molar-refractivity contribution >= 4 is 21.7 Å². The highest BCUT2D eigenvalue weighted by Gasteiger charge is 2.20. The van der Waals surface area contributed by atoms with Crippen LogP contribution in [0.4, 0.5) is 0 Å². The summed E-state index contributed by atoms with van der Waals surface area (Å²) in [6.45, 7) is 5.85. The Balaban J connectivity index is 2.49. The summed E-state index contributed by atoms with van der Waals surface area (Å²) in [5.74, 6) is -0.0430. The first-order valence-electron chi connectivity index (χ1n) is 5.71. The van der Waals surface area contributed by atoms with Gasteiger partial charge in [0, 0.05) is 23.5 Å². The van der Waals surface area contributed by atoms with Crippen molar-refractivity contribution in [1.82, 2.24) is 14.8 Å². The van der Waals surface area contributed by atoms with E-state index in [0.29, 0.717) is 11.3 Å². The first-order valence-corrected chi connectivity index (χ1v) is 6.50. The second-order valence-electron chi connectivity index (χ2n) is 4.39. The van der Waals surface area contributed by atoms with Crippen LogP contribution in [0.15, 0.2) is 29.0 Å². The molecule has 18 heavy (non-hydrogen) atoms. The molecule has 0 unspecified atom stereocenters. The van der Waals surface area contributed by atoms with Crippen molar-refractivity contribution in [2.75, 3.05) is 0 Å². The van der Waals surface area contributed by atoms with Gasteiger partial charge in [-0.15, -0.1) is 0 Å². The molecular formula is C13H14BrN3O. The Morgan fingerprint density at radius 1 is 1.44 bits per heavy atom. The van der Waals surface area contributed by atoms with E-state index in [9.17, 15) is 4.79 Å². The molecule has 0 radical (unpaired) electrons. The van der Waals surface area contributed by atoms with Gasteiger partial charge in [-0.2, -0.15) is 5.10 Å². The van der Waals surface area contributed by atoms with Crippen LogP contribution in [0, 0.1) is 6.92 Å². The lowest BCUT2D eigenvalue weighted by molar-refractivity contribution is 0.102. The summed E-state index contributed by atoms with van der Waals surface area (Å²) < 4.78 is 2.44. The van der Waals surface area contributed by atoms with Crippen LogP contribution in [0.2, 0.25) is 0 Å². The number of hydrogen-bond acceptors (Lipinski definition) is 3. The molecule has 0 N–H and O–H groups in total. The van der Waals surface area contributed by atoms with Crippen LogP contribution in [0.3, 0.4) is 0 Å². The Morgan fingerprint density at radius 3 is 2.78 bits per heavy atom. The molecule has 2 aromatic rings. The van der Waals surface area contributed by atoms with Gasteiger partial charge < -0.3 is 0 Å². The first-order chi connectivity index (χ1) is 8.50. The molecule has 0 aliphatic rings. The lowest BCUT2D eigenvalue weighted by Gasteiger charge is -2.10. The minimum absolute atomic E-state index is 0.0430. The summed E-state index contributed by atoms with van der Waals surface area (Å²) in [6.07, 6.45) is 3.30. The monoisotopic (exact) mass is 307 g/mol. The van der Waals surface area contributed by atoms with Crippen LogP contribution in [0.25, 0.3) is 0 Å². The van der Waals surface area contributed by atoms with Crippen LogP contribution >= 0.6 is 15.9 Å². The van der Waals surface area contributed by atoms with Crippen LogP contribution < -0.4 is 0 Å². The molecule has 0 aliphatic carbocycles. The molecule has 0 saturated heterocycles. The van der Waals surface area contributed by atoms with E-state index >= 15 is 0 Å². The molecule has 2 heterocycles. The molecule has 0 aliphatic heterocycles. The summed E-state index contributed by atoms with van der Waals surface area (Å²) in [7, 11) is 0. The molecule has 0 saturated carbocycles. The van der Waals surface area contributed by atoms with Gasteiger partial charge in [0.2, 0.25) is 5.78 Å². The SMILES string of the molecule is Cc1cc(C(=O)c2c(Br)cnn2C(C)C)ccn1. The lowest BCUT2D eigenvalue weighted by Crippen LogP contribution is -2.14. The summed E-state index contributed by atoms with van der Waals surface area (Å²) in [5.41, 5.74) is 2.04. The molecule has 94 valence electrons. The van der Waals surface area contributed by atoms with Crippen molar-refractivity contribution in [1.29, 1.82) is 0 Å². The van der Waals surface area contributed by atoms with E-state index in [-0.39, 0.29) is 11.8 Å². The third kappa shape index (κ3) is 2.36. The molecule has 2 aromatic heterocycles. The normalized spacial score (nSPS) is 10.9. The second-order valence-corrected chi connectivity index (χ2v) is 5.25. The van der Waals surface area contributed by atoms with E-state index in [1.807, 2.05) is 20.8 Å². The summed E-state index contributed by atoms with van der Waals surface area (Å²) in [5, 5.41) is 4.22. The zero-order valence-electron chi connectivity index (χ0n) is 10.5. The van der Waals surface area contributed by atoms with Gasteiger partial charge in [-0.25, -0.2) is 0 Å². The predicted molar refractivity (Wildman–Crippen MR) is 72.7 cm³/mol. The van der Waals surface area contributed by atoms with Crippen molar-refractivity contribution in [2.45, 2.75) is 26.8 Å². The fraction of sp³-hybridized carbons (Fsp3) is 0.308. The van der Waals surface area contributed by atoms with Crippen molar-refractivity contribution in [3.8, 4) is 0 Å². The number of ketones is 1. The van der Waals surface area contributed by atoms with Gasteiger partial charge in [0.1, 0.15) is 5.69 Å². The maximum atomic E-state index is 12.5. The molecule has 0 fully saturated rings. The van der Waals surface area contributed by atoms with Gasteiger partial charge in [-0.3, -0.25) is 14.5 Å². The molecule has 0 spiro atoms. The lowest BCUT2D eigenvalue weighted by atomic mass is 10.1. The molecule has 0 amide bonds. The van der Waals surface area contributed by atoms with Gasteiger partial charge in [0.05, 0.1) is 10.7 Å². The predicted octanol–water partition coefficient (Wildman–Crippen LogP) is 3.16. The van der Waals surface area contributed by atoms with Crippen LogP contribution in [-0.4, -0.2) is 20.5 Å². The van der Waals surface area contributed by atoms with Gasteiger partial charge in [0.25, 0.3) is 0 Å². The molecule has 0 bridgehead atoms. The minimum atomic E-state index is -0.0430. The van der Waals surface area contributed by atoms with Crippen molar-refractivity contribution in [3.05, 3.63) is 46.0 Å². The summed E-state index contributed by atoms with van der Waals surface area (Å²) in [6, 6.07) is 3.64. The van der Waals surface area contributed by atoms with Gasteiger partial charge in [-0.1, -0.05) is 0 Å². The van der Waals surface area contributed by atoms with Crippen LogP contribution in [-0.2, 0) is 0 Å². The van der Waals surface area contributed by atoms with Crippen molar-refractivity contribution < 1.29 is 4.79 Å². The van der Waals surface area contributed by atoms with E-state index in [1.165, 1.54) is 0 Å². The molecule has 4 nitrogen and oxygen atoms in total. The van der Waals surface area contributed by atoms with Crippen LogP contribution in [0.5, 0.6) is 0 Å². The quantitative estimate of drug-likeness (QED) is 0.818. The number of carbonyl (C=O) groups is 1. The third-order valence-corrected chi connectivity index (χ3v) is 3.19. The fourth-order valence-corrected chi connectivity index (χ4v) is 2.22. The van der Waals surface area contributed by atoms with E-state index in [0.717, 1.165) is 10.2 Å². The average Bonchev–Trinajstić information content (AvgIpc) is 2.70. The highest BCUT2D eigenvalue weighted by Crippen LogP contribution is 2.22. The topological polar surface area (TPSA) is 47.8 Å². The van der Waals surface area contributed by atoms with E-state index in [4.69, 9.17) is 0 Å². The third-order valence-electron chi connectivity index (χ3n) is 2.61. The molecule has 0 aromatic carbocycles. The molecule has 5 heteroatoms. The highest BCUT2D eigenvalue weighted by atomic mass is 79.9. The number of nitrogens with zero attached hydrogens (tertiary/aromatic N) is 3. The second kappa shape index (κ2) is 5.02. The zero-order chi connectivity index (χ0) is 13.3. The Hall–Kier alpha value is -1.49. The summed E-state index contributed by atoms with van der Waals surface area (Å²) >= 11 is 3.38. The number of rotatable bonds is 3. The smallest absolute Gasteiger partial charge is 0.212 e. The number of halogens is 1. The first kappa shape index (κ1) is 13.0. The highest BCUT2D eigenvalue weighted by molar-refractivity contribution is 9.10. The number of aryl methyl sites for hydroxylation is 1.